The van der Waals surface area contributed by atoms with Gasteiger partial charge < -0.3 is 20.3 Å². The van der Waals surface area contributed by atoms with Crippen LogP contribution in [0.25, 0.3) is 5.65 Å². The molecule has 2 fully saturated rings. The summed E-state index contributed by atoms with van der Waals surface area (Å²) in [4.78, 5) is 31.0. The van der Waals surface area contributed by atoms with E-state index in [4.69, 9.17) is 4.74 Å². The number of anilines is 1. The molecular formula is C22H33N7O3. The summed E-state index contributed by atoms with van der Waals surface area (Å²) in [5, 5.41) is 14.5. The minimum atomic E-state index is -0.107. The molecule has 2 N–H and O–H groups in total. The second-order valence-electron chi connectivity index (χ2n) is 8.78. The lowest BCUT2D eigenvalue weighted by Crippen LogP contribution is -2.49. The topological polar surface area (TPSA) is 114 Å². The van der Waals surface area contributed by atoms with Crippen molar-refractivity contribution in [2.24, 2.45) is 11.8 Å². The highest BCUT2D eigenvalue weighted by molar-refractivity contribution is 5.74. The highest BCUT2D eigenvalue weighted by Gasteiger charge is 2.28. The van der Waals surface area contributed by atoms with E-state index < -0.39 is 0 Å². The Balaban J connectivity index is 1.18. The van der Waals surface area contributed by atoms with Gasteiger partial charge in [-0.3, -0.25) is 9.20 Å². The van der Waals surface area contributed by atoms with Crippen molar-refractivity contribution in [3.05, 3.63) is 18.2 Å². The van der Waals surface area contributed by atoms with Crippen molar-refractivity contribution in [1.82, 2.24) is 30.2 Å². The largest absolute Gasteiger partial charge is 0.466 e. The minimum Gasteiger partial charge on any atom is -0.466 e. The average molecular weight is 444 g/mol. The van der Waals surface area contributed by atoms with E-state index >= 15 is 0 Å². The monoisotopic (exact) mass is 443 g/mol. The first kappa shape index (κ1) is 22.3. The van der Waals surface area contributed by atoms with Crippen LogP contribution in [0.3, 0.4) is 0 Å². The quantitative estimate of drug-likeness (QED) is 0.657. The highest BCUT2D eigenvalue weighted by atomic mass is 16.5. The summed E-state index contributed by atoms with van der Waals surface area (Å²) in [6.07, 6.45) is 8.94. The van der Waals surface area contributed by atoms with Gasteiger partial charge in [-0.2, -0.15) is 0 Å². The molecule has 2 amide bonds. The first-order valence-corrected chi connectivity index (χ1v) is 11.7. The third kappa shape index (κ3) is 5.11. The molecule has 0 spiro atoms. The molecule has 174 valence electrons. The molecule has 1 aliphatic heterocycles. The Morgan fingerprint density at radius 2 is 1.88 bits per heavy atom. The highest BCUT2D eigenvalue weighted by Crippen LogP contribution is 2.29. The van der Waals surface area contributed by atoms with Crippen LogP contribution in [0.5, 0.6) is 0 Å². The Bertz CT molecular complexity index is 931. The zero-order chi connectivity index (χ0) is 22.5. The van der Waals surface area contributed by atoms with Crippen molar-refractivity contribution < 1.29 is 14.3 Å². The van der Waals surface area contributed by atoms with E-state index in [9.17, 15) is 9.59 Å². The first-order chi connectivity index (χ1) is 15.5. The van der Waals surface area contributed by atoms with Crippen molar-refractivity contribution in [1.29, 1.82) is 0 Å². The lowest BCUT2D eigenvalue weighted by Gasteiger charge is -2.33. The maximum absolute atomic E-state index is 12.4. The van der Waals surface area contributed by atoms with Crippen molar-refractivity contribution in [3.63, 3.8) is 0 Å². The number of rotatable bonds is 6. The SMILES string of the molecule is CCOC(=O)C1CCC(CNC(=O)NC2CCN(c3nccn4c(C)nnc34)CC2)CC1. The molecule has 2 aromatic rings. The molecular weight excluding hydrogens is 410 g/mol. The van der Waals surface area contributed by atoms with Gasteiger partial charge in [0.05, 0.1) is 12.5 Å². The van der Waals surface area contributed by atoms with Gasteiger partial charge >= 0.3 is 12.0 Å². The molecule has 0 unspecified atom stereocenters. The molecule has 1 saturated heterocycles. The van der Waals surface area contributed by atoms with Crippen molar-refractivity contribution >= 4 is 23.5 Å². The van der Waals surface area contributed by atoms with E-state index in [0.717, 1.165) is 68.9 Å². The van der Waals surface area contributed by atoms with Gasteiger partial charge in [0.1, 0.15) is 5.82 Å². The molecule has 4 rings (SSSR count). The fourth-order valence-corrected chi connectivity index (χ4v) is 4.72. The van der Waals surface area contributed by atoms with Gasteiger partial charge in [-0.1, -0.05) is 0 Å². The molecule has 10 heteroatoms. The van der Waals surface area contributed by atoms with Gasteiger partial charge in [0.25, 0.3) is 0 Å². The number of aromatic nitrogens is 4. The number of nitrogens with zero attached hydrogens (tertiary/aromatic N) is 5. The number of ether oxygens (including phenoxy) is 1. The smallest absolute Gasteiger partial charge is 0.315 e. The summed E-state index contributed by atoms with van der Waals surface area (Å²) in [5.41, 5.74) is 0.770. The third-order valence-corrected chi connectivity index (χ3v) is 6.63. The molecule has 0 atom stereocenters. The van der Waals surface area contributed by atoms with E-state index in [0.29, 0.717) is 19.1 Å². The van der Waals surface area contributed by atoms with Gasteiger partial charge in [-0.05, 0) is 58.3 Å². The molecule has 10 nitrogen and oxygen atoms in total. The van der Waals surface area contributed by atoms with Crippen LogP contribution in [0.2, 0.25) is 0 Å². The standard InChI is InChI=1S/C22H33N7O3/c1-3-32-21(30)17-6-4-16(5-7-17)14-24-22(31)25-18-8-11-28(12-9-18)19-20-27-26-15(2)29(20)13-10-23-19/h10,13,16-18H,3-9,11-12,14H2,1-2H3,(H2,24,25,31). The number of esters is 1. The second kappa shape index (κ2) is 10.1. The Labute approximate surface area is 188 Å². The number of amides is 2. The number of carbonyl (C=O) groups is 2. The van der Waals surface area contributed by atoms with Gasteiger partial charge in [0.2, 0.25) is 5.65 Å². The van der Waals surface area contributed by atoms with E-state index in [2.05, 4.69) is 30.7 Å². The van der Waals surface area contributed by atoms with Crippen LogP contribution in [-0.4, -0.2) is 63.9 Å². The molecule has 2 aromatic heterocycles. The predicted octanol–water partition coefficient (Wildman–Crippen LogP) is 2.07. The summed E-state index contributed by atoms with van der Waals surface area (Å²) in [6.45, 7) is 6.46. The van der Waals surface area contributed by atoms with Gasteiger partial charge in [-0.15, -0.1) is 10.2 Å². The van der Waals surface area contributed by atoms with Crippen LogP contribution >= 0.6 is 0 Å². The molecule has 0 aromatic carbocycles. The van der Waals surface area contributed by atoms with E-state index in [-0.39, 0.29) is 24.0 Å². The van der Waals surface area contributed by atoms with Crippen LogP contribution < -0.4 is 15.5 Å². The van der Waals surface area contributed by atoms with E-state index in [1.54, 1.807) is 6.20 Å². The Kier molecular flexibility index (Phi) is 7.06. The number of hydrogen-bond donors (Lipinski definition) is 2. The Morgan fingerprint density at radius 1 is 1.12 bits per heavy atom. The van der Waals surface area contributed by atoms with Crippen LogP contribution in [0.4, 0.5) is 10.6 Å². The van der Waals surface area contributed by atoms with Crippen LogP contribution in [-0.2, 0) is 9.53 Å². The molecule has 0 bridgehead atoms. The van der Waals surface area contributed by atoms with Gasteiger partial charge in [0, 0.05) is 38.1 Å². The summed E-state index contributed by atoms with van der Waals surface area (Å²) in [6, 6.07) is 0.0365. The number of hydrogen-bond acceptors (Lipinski definition) is 7. The number of piperidine rings is 1. The fourth-order valence-electron chi connectivity index (χ4n) is 4.72. The lowest BCUT2D eigenvalue weighted by molar-refractivity contribution is -0.149. The van der Waals surface area contributed by atoms with Crippen LogP contribution in [0.1, 0.15) is 51.3 Å². The molecule has 32 heavy (non-hydrogen) atoms. The van der Waals surface area contributed by atoms with Gasteiger partial charge in [-0.25, -0.2) is 9.78 Å². The van der Waals surface area contributed by atoms with Crippen LogP contribution in [0, 0.1) is 18.8 Å². The number of aryl methyl sites for hydroxylation is 1. The first-order valence-electron chi connectivity index (χ1n) is 11.7. The van der Waals surface area contributed by atoms with Gasteiger partial charge in [0.15, 0.2) is 5.82 Å². The number of urea groups is 1. The van der Waals surface area contributed by atoms with E-state index in [1.807, 2.05) is 24.4 Å². The van der Waals surface area contributed by atoms with E-state index in [1.165, 1.54) is 0 Å². The molecule has 2 aliphatic rings. The zero-order valence-corrected chi connectivity index (χ0v) is 18.9. The Morgan fingerprint density at radius 3 is 2.59 bits per heavy atom. The summed E-state index contributed by atoms with van der Waals surface area (Å²) in [7, 11) is 0. The molecule has 1 saturated carbocycles. The molecule has 0 radical (unpaired) electrons. The van der Waals surface area contributed by atoms with Crippen molar-refractivity contribution in [2.45, 2.75) is 58.4 Å². The average Bonchev–Trinajstić information content (AvgIpc) is 3.20. The summed E-state index contributed by atoms with van der Waals surface area (Å²) in [5.74, 6) is 2.05. The normalized spacial score (nSPS) is 22.0. The maximum Gasteiger partial charge on any atom is 0.315 e. The number of carbonyl (C=O) groups excluding carboxylic acids is 2. The molecule has 1 aliphatic carbocycles. The van der Waals surface area contributed by atoms with Crippen molar-refractivity contribution in [3.8, 4) is 0 Å². The Hall–Kier alpha value is -2.91. The zero-order valence-electron chi connectivity index (χ0n) is 18.9. The molecule has 3 heterocycles. The predicted molar refractivity (Wildman–Crippen MR) is 119 cm³/mol. The maximum atomic E-state index is 12.4. The van der Waals surface area contributed by atoms with Crippen LogP contribution in [0.15, 0.2) is 12.4 Å². The summed E-state index contributed by atoms with van der Waals surface area (Å²) >= 11 is 0. The van der Waals surface area contributed by atoms with Crippen molar-refractivity contribution in [2.75, 3.05) is 31.1 Å². The third-order valence-electron chi connectivity index (χ3n) is 6.63. The minimum absolute atomic E-state index is 0.0206. The fraction of sp³-hybridized carbons (Fsp3) is 0.682. The second-order valence-corrected chi connectivity index (χ2v) is 8.78. The number of fused-ring (bicyclic) bond motifs is 1. The summed E-state index contributed by atoms with van der Waals surface area (Å²) < 4.78 is 7.07. The lowest BCUT2D eigenvalue weighted by atomic mass is 9.82. The number of nitrogens with one attached hydrogen (secondary N) is 2.